The van der Waals surface area contributed by atoms with Crippen LogP contribution in [0.4, 0.5) is 0 Å². The minimum absolute atomic E-state index is 0.0574. The molecule has 0 heterocycles. The Labute approximate surface area is 169 Å². The highest BCUT2D eigenvalue weighted by Gasteiger charge is 2.04. The second-order valence-electron chi connectivity index (χ2n) is 6.52. The molecule has 0 aliphatic rings. The van der Waals surface area contributed by atoms with Gasteiger partial charge in [-0.2, -0.15) is 0 Å². The van der Waals surface area contributed by atoms with Crippen molar-refractivity contribution < 1.29 is 14.6 Å². The Bertz CT molecular complexity index is 657. The number of nitrogens with two attached hydrogens (primary N) is 1. The molecule has 0 radical (unpaired) electrons. The molecule has 1 aromatic rings. The third-order valence-corrected chi connectivity index (χ3v) is 4.05. The predicted octanol–water partition coefficient (Wildman–Crippen LogP) is 4.51. The third kappa shape index (κ3) is 11.9. The summed E-state index contributed by atoms with van der Waals surface area (Å²) >= 11 is 0. The van der Waals surface area contributed by atoms with Crippen LogP contribution in [0.1, 0.15) is 38.2 Å². The molecule has 4 heteroatoms. The van der Waals surface area contributed by atoms with Gasteiger partial charge in [-0.15, -0.1) is 0 Å². The van der Waals surface area contributed by atoms with Crippen LogP contribution in [0.25, 0.3) is 0 Å². The molecule has 0 aromatic heterocycles. The standard InChI is InChI=1S/C24H33NO3/c1-2-3-4-5-6-7-8-9-10-11-12-22(20-26)17-18-28-23-15-13-21(14-16-23)19-24(25)27/h3-4,7-16,22,26H,2,5-6,17-20H2,1H3,(H2,25,27)/b4-3-,8-7+,10-9-,12-11+/t22-/m1/s1. The molecule has 152 valence electrons. The zero-order valence-corrected chi connectivity index (χ0v) is 16.8. The van der Waals surface area contributed by atoms with Crippen LogP contribution in [0.2, 0.25) is 0 Å². The molecule has 1 atom stereocenters. The first kappa shape index (κ1) is 23.4. The van der Waals surface area contributed by atoms with Crippen molar-refractivity contribution in [3.05, 3.63) is 78.4 Å². The largest absolute Gasteiger partial charge is 0.494 e. The van der Waals surface area contributed by atoms with Crippen LogP contribution in [-0.2, 0) is 11.2 Å². The monoisotopic (exact) mass is 383 g/mol. The fraction of sp³-hybridized carbons (Fsp3) is 0.375. The Balaban J connectivity index is 2.27. The maximum absolute atomic E-state index is 10.9. The van der Waals surface area contributed by atoms with E-state index in [2.05, 4.69) is 25.2 Å². The molecule has 1 aromatic carbocycles. The molecule has 0 saturated carbocycles. The number of carbonyl (C=O) groups is 1. The number of primary amides is 1. The number of aliphatic hydroxyl groups is 1. The molecule has 0 unspecified atom stereocenters. The Morgan fingerprint density at radius 3 is 2.46 bits per heavy atom. The Kier molecular flexibility index (Phi) is 13.0. The first-order chi connectivity index (χ1) is 13.7. The molecular weight excluding hydrogens is 350 g/mol. The van der Waals surface area contributed by atoms with Gasteiger partial charge in [0.15, 0.2) is 0 Å². The van der Waals surface area contributed by atoms with Gasteiger partial charge in [0.25, 0.3) is 0 Å². The molecule has 4 nitrogen and oxygen atoms in total. The van der Waals surface area contributed by atoms with Crippen molar-refractivity contribution >= 4 is 5.91 Å². The van der Waals surface area contributed by atoms with E-state index in [1.165, 1.54) is 0 Å². The zero-order chi connectivity index (χ0) is 20.5. The average Bonchev–Trinajstić information content (AvgIpc) is 2.69. The topological polar surface area (TPSA) is 72.6 Å². The maximum atomic E-state index is 10.9. The molecule has 0 aliphatic carbocycles. The molecule has 0 spiro atoms. The number of amides is 1. The van der Waals surface area contributed by atoms with Gasteiger partial charge in [-0.25, -0.2) is 0 Å². The van der Waals surface area contributed by atoms with Gasteiger partial charge < -0.3 is 15.6 Å². The van der Waals surface area contributed by atoms with E-state index in [1.807, 2.05) is 54.6 Å². The number of hydrogen-bond acceptors (Lipinski definition) is 3. The summed E-state index contributed by atoms with van der Waals surface area (Å²) in [5.74, 6) is 0.453. The fourth-order valence-electron chi connectivity index (χ4n) is 2.48. The molecular formula is C24H33NO3. The van der Waals surface area contributed by atoms with Gasteiger partial charge in [0.2, 0.25) is 5.91 Å². The van der Waals surface area contributed by atoms with Crippen LogP contribution in [-0.4, -0.2) is 24.2 Å². The quantitative estimate of drug-likeness (QED) is 0.282. The van der Waals surface area contributed by atoms with Crippen molar-refractivity contribution in [3.63, 3.8) is 0 Å². The van der Waals surface area contributed by atoms with Crippen LogP contribution in [0.15, 0.2) is 72.9 Å². The predicted molar refractivity (Wildman–Crippen MR) is 116 cm³/mol. The Hall–Kier alpha value is -2.59. The lowest BCUT2D eigenvalue weighted by Crippen LogP contribution is -2.13. The summed E-state index contributed by atoms with van der Waals surface area (Å²) in [6.07, 6.45) is 20.7. The molecule has 0 aliphatic heterocycles. The van der Waals surface area contributed by atoms with E-state index in [1.54, 1.807) is 0 Å². The molecule has 1 rings (SSSR count). The van der Waals surface area contributed by atoms with E-state index < -0.39 is 0 Å². The second-order valence-corrected chi connectivity index (χ2v) is 6.52. The van der Waals surface area contributed by atoms with E-state index in [9.17, 15) is 9.90 Å². The number of aliphatic hydroxyl groups excluding tert-OH is 1. The summed E-state index contributed by atoms with van der Waals surface area (Å²) in [5, 5.41) is 9.49. The summed E-state index contributed by atoms with van der Waals surface area (Å²) in [6, 6.07) is 7.33. The van der Waals surface area contributed by atoms with Gasteiger partial charge in [-0.1, -0.05) is 67.7 Å². The minimum atomic E-state index is -0.347. The van der Waals surface area contributed by atoms with Gasteiger partial charge in [-0.05, 0) is 43.4 Å². The van der Waals surface area contributed by atoms with E-state index >= 15 is 0 Å². The molecule has 3 N–H and O–H groups in total. The van der Waals surface area contributed by atoms with Gasteiger partial charge in [0, 0.05) is 12.5 Å². The smallest absolute Gasteiger partial charge is 0.221 e. The summed E-state index contributed by atoms with van der Waals surface area (Å²) in [7, 11) is 0. The number of hydrogen-bond donors (Lipinski definition) is 2. The van der Waals surface area contributed by atoms with Crippen molar-refractivity contribution in [2.24, 2.45) is 11.7 Å². The number of allylic oxidation sites excluding steroid dienone is 7. The number of benzene rings is 1. The van der Waals surface area contributed by atoms with Crippen LogP contribution in [0, 0.1) is 5.92 Å². The second kappa shape index (κ2) is 15.5. The highest BCUT2D eigenvalue weighted by molar-refractivity contribution is 5.76. The maximum Gasteiger partial charge on any atom is 0.221 e. The summed E-state index contributed by atoms with van der Waals surface area (Å²) < 4.78 is 5.70. The Morgan fingerprint density at radius 1 is 1.07 bits per heavy atom. The highest BCUT2D eigenvalue weighted by Crippen LogP contribution is 2.14. The third-order valence-electron chi connectivity index (χ3n) is 4.05. The van der Waals surface area contributed by atoms with E-state index in [0.29, 0.717) is 6.61 Å². The summed E-state index contributed by atoms with van der Waals surface area (Å²) in [6.45, 7) is 2.74. The zero-order valence-electron chi connectivity index (χ0n) is 16.8. The van der Waals surface area contributed by atoms with Crippen molar-refractivity contribution in [1.29, 1.82) is 0 Å². The summed E-state index contributed by atoms with van der Waals surface area (Å²) in [5.41, 5.74) is 6.05. The van der Waals surface area contributed by atoms with Crippen LogP contribution < -0.4 is 10.5 Å². The van der Waals surface area contributed by atoms with E-state index in [4.69, 9.17) is 10.5 Å². The lowest BCUT2D eigenvalue weighted by atomic mass is 10.1. The van der Waals surface area contributed by atoms with Crippen molar-refractivity contribution in [3.8, 4) is 5.75 Å². The van der Waals surface area contributed by atoms with Gasteiger partial charge in [0.1, 0.15) is 5.75 Å². The molecule has 1 amide bonds. The number of ether oxygens (including phenoxy) is 1. The van der Waals surface area contributed by atoms with Crippen LogP contribution in [0.3, 0.4) is 0 Å². The molecule has 0 saturated heterocycles. The van der Waals surface area contributed by atoms with Crippen LogP contribution in [0.5, 0.6) is 5.75 Å². The number of unbranched alkanes of at least 4 members (excludes halogenated alkanes) is 1. The minimum Gasteiger partial charge on any atom is -0.494 e. The molecule has 0 bridgehead atoms. The fourth-order valence-corrected chi connectivity index (χ4v) is 2.48. The van der Waals surface area contributed by atoms with Gasteiger partial charge in [0.05, 0.1) is 13.0 Å². The SMILES string of the molecule is CC/C=C\CC/C=C/C=C\C=C\[C@@H](CO)CCOc1ccc(CC(N)=O)cc1. The normalized spacial score (nSPS) is 13.2. The lowest BCUT2D eigenvalue weighted by molar-refractivity contribution is -0.117. The Morgan fingerprint density at radius 2 is 1.79 bits per heavy atom. The van der Waals surface area contributed by atoms with E-state index in [-0.39, 0.29) is 24.9 Å². The van der Waals surface area contributed by atoms with E-state index in [0.717, 1.165) is 37.0 Å². The average molecular weight is 384 g/mol. The van der Waals surface area contributed by atoms with Crippen molar-refractivity contribution in [2.75, 3.05) is 13.2 Å². The molecule has 28 heavy (non-hydrogen) atoms. The first-order valence-corrected chi connectivity index (χ1v) is 9.91. The van der Waals surface area contributed by atoms with Gasteiger partial charge in [-0.3, -0.25) is 4.79 Å². The number of rotatable bonds is 14. The number of carbonyl (C=O) groups excluding carboxylic acids is 1. The summed E-state index contributed by atoms with van der Waals surface area (Å²) in [4.78, 5) is 10.9. The lowest BCUT2D eigenvalue weighted by Gasteiger charge is -2.11. The first-order valence-electron chi connectivity index (χ1n) is 9.91. The van der Waals surface area contributed by atoms with Crippen molar-refractivity contribution in [2.45, 2.75) is 39.0 Å². The van der Waals surface area contributed by atoms with Crippen molar-refractivity contribution in [1.82, 2.24) is 0 Å². The van der Waals surface area contributed by atoms with Gasteiger partial charge >= 0.3 is 0 Å². The van der Waals surface area contributed by atoms with Crippen LogP contribution >= 0.6 is 0 Å². The highest BCUT2D eigenvalue weighted by atomic mass is 16.5. The molecule has 0 fully saturated rings.